The summed E-state index contributed by atoms with van der Waals surface area (Å²) in [7, 11) is -3.59. The van der Waals surface area contributed by atoms with Crippen molar-refractivity contribution in [3.63, 3.8) is 0 Å². The summed E-state index contributed by atoms with van der Waals surface area (Å²) in [6.07, 6.45) is 2.00. The van der Waals surface area contributed by atoms with E-state index in [0.29, 0.717) is 30.1 Å². The number of anilines is 1. The van der Waals surface area contributed by atoms with Gasteiger partial charge in [0, 0.05) is 30.6 Å². The van der Waals surface area contributed by atoms with Crippen molar-refractivity contribution in [2.45, 2.75) is 72.5 Å². The number of hydrogen-bond donors (Lipinski definition) is 1. The van der Waals surface area contributed by atoms with Gasteiger partial charge in [-0.1, -0.05) is 54.4 Å². The molecule has 2 aromatic rings. The Morgan fingerprint density at radius 2 is 1.69 bits per heavy atom. The number of nitrogens with one attached hydrogen (secondary N) is 1. The van der Waals surface area contributed by atoms with Crippen molar-refractivity contribution in [3.8, 4) is 0 Å². The highest BCUT2D eigenvalue weighted by Crippen LogP contribution is 2.27. The third-order valence-electron chi connectivity index (χ3n) is 5.88. The number of halogens is 1. The average molecular weight is 536 g/mol. The van der Waals surface area contributed by atoms with Gasteiger partial charge < -0.3 is 10.2 Å². The van der Waals surface area contributed by atoms with Gasteiger partial charge in [-0.2, -0.15) is 0 Å². The van der Waals surface area contributed by atoms with Crippen LogP contribution in [-0.4, -0.2) is 50.0 Å². The molecule has 0 fully saturated rings. The summed E-state index contributed by atoms with van der Waals surface area (Å²) in [5.74, 6) is -0.391. The fourth-order valence-corrected chi connectivity index (χ4v) is 5.21. The molecule has 0 spiro atoms. The van der Waals surface area contributed by atoms with Crippen LogP contribution in [0.3, 0.4) is 0 Å². The normalized spacial score (nSPS) is 12.3. The van der Waals surface area contributed by atoms with E-state index in [1.807, 2.05) is 58.9 Å². The number of hydrogen-bond acceptors (Lipinski definition) is 4. The lowest BCUT2D eigenvalue weighted by Gasteiger charge is -2.31. The van der Waals surface area contributed by atoms with Gasteiger partial charge in [-0.15, -0.1) is 0 Å². The quantitative estimate of drug-likeness (QED) is 0.421. The number of carbonyl (C=O) groups excluding carboxylic acids is 2. The Labute approximate surface area is 220 Å². The number of nitrogens with zero attached hydrogens (tertiary/aromatic N) is 2. The molecule has 0 heterocycles. The molecule has 2 aromatic carbocycles. The Kier molecular flexibility index (Phi) is 10.8. The molecule has 2 amide bonds. The first-order valence-corrected chi connectivity index (χ1v) is 14.4. The average Bonchev–Trinajstić information content (AvgIpc) is 2.78. The van der Waals surface area contributed by atoms with E-state index < -0.39 is 16.1 Å². The summed E-state index contributed by atoms with van der Waals surface area (Å²) < 4.78 is 26.4. The molecule has 0 saturated carbocycles. The predicted octanol–water partition coefficient (Wildman–Crippen LogP) is 4.84. The topological polar surface area (TPSA) is 86.8 Å². The van der Waals surface area contributed by atoms with Crippen LogP contribution in [0.25, 0.3) is 0 Å². The van der Waals surface area contributed by atoms with Crippen LogP contribution in [0.4, 0.5) is 5.69 Å². The number of rotatable bonds is 12. The van der Waals surface area contributed by atoms with Crippen LogP contribution in [0, 0.1) is 13.8 Å². The summed E-state index contributed by atoms with van der Waals surface area (Å²) in [5, 5.41) is 3.35. The van der Waals surface area contributed by atoms with Crippen molar-refractivity contribution in [1.82, 2.24) is 10.2 Å². The Morgan fingerprint density at radius 1 is 1.06 bits per heavy atom. The van der Waals surface area contributed by atoms with Gasteiger partial charge in [0.15, 0.2) is 0 Å². The lowest BCUT2D eigenvalue weighted by atomic mass is 10.1. The number of amides is 2. The van der Waals surface area contributed by atoms with Crippen molar-refractivity contribution in [1.29, 1.82) is 0 Å². The van der Waals surface area contributed by atoms with Crippen molar-refractivity contribution in [2.75, 3.05) is 17.1 Å². The highest BCUT2D eigenvalue weighted by atomic mass is 35.5. The van der Waals surface area contributed by atoms with Crippen LogP contribution >= 0.6 is 11.6 Å². The highest BCUT2D eigenvalue weighted by molar-refractivity contribution is 7.92. The zero-order chi connectivity index (χ0) is 27.0. The van der Waals surface area contributed by atoms with Gasteiger partial charge in [0.05, 0.1) is 11.9 Å². The van der Waals surface area contributed by atoms with Crippen LogP contribution in [0.5, 0.6) is 0 Å². The zero-order valence-corrected chi connectivity index (χ0v) is 23.6. The Balaban J connectivity index is 2.24. The maximum atomic E-state index is 13.5. The van der Waals surface area contributed by atoms with Gasteiger partial charge in [0.2, 0.25) is 21.8 Å². The molecule has 36 heavy (non-hydrogen) atoms. The second kappa shape index (κ2) is 13.1. The van der Waals surface area contributed by atoms with E-state index in [0.717, 1.165) is 22.9 Å². The first-order chi connectivity index (χ1) is 16.8. The molecule has 9 heteroatoms. The van der Waals surface area contributed by atoms with Gasteiger partial charge in [-0.3, -0.25) is 13.9 Å². The van der Waals surface area contributed by atoms with Crippen molar-refractivity contribution in [3.05, 3.63) is 64.2 Å². The molecule has 0 aliphatic heterocycles. The maximum Gasteiger partial charge on any atom is 0.243 e. The van der Waals surface area contributed by atoms with Gasteiger partial charge in [-0.25, -0.2) is 8.42 Å². The number of sulfonamides is 1. The summed E-state index contributed by atoms with van der Waals surface area (Å²) in [5.41, 5.74) is 3.31. The number of aryl methyl sites for hydroxylation is 2. The molecule has 2 rings (SSSR count). The second-order valence-electron chi connectivity index (χ2n) is 9.46. The third-order valence-corrected chi connectivity index (χ3v) is 7.30. The van der Waals surface area contributed by atoms with Gasteiger partial charge in [-0.05, 0) is 63.8 Å². The molecule has 0 radical (unpaired) electrons. The molecule has 198 valence electrons. The first-order valence-electron chi connectivity index (χ1n) is 12.2. The molecular formula is C27H38ClN3O4S. The number of benzene rings is 2. The molecule has 0 aliphatic rings. The minimum atomic E-state index is -3.59. The minimum Gasteiger partial charge on any atom is -0.352 e. The fraction of sp³-hybridized carbons (Fsp3) is 0.481. The molecule has 0 aromatic heterocycles. The predicted molar refractivity (Wildman–Crippen MR) is 147 cm³/mol. The lowest BCUT2D eigenvalue weighted by molar-refractivity contribution is -0.141. The van der Waals surface area contributed by atoms with Crippen LogP contribution in [-0.2, 0) is 26.2 Å². The van der Waals surface area contributed by atoms with E-state index in [2.05, 4.69) is 5.32 Å². The zero-order valence-electron chi connectivity index (χ0n) is 22.0. The first kappa shape index (κ1) is 29.6. The number of carbonyl (C=O) groups is 2. The van der Waals surface area contributed by atoms with E-state index in [4.69, 9.17) is 11.6 Å². The van der Waals surface area contributed by atoms with Crippen molar-refractivity contribution >= 4 is 39.1 Å². The van der Waals surface area contributed by atoms with Crippen LogP contribution in [0.1, 0.15) is 56.7 Å². The highest BCUT2D eigenvalue weighted by Gasteiger charge is 2.29. The minimum absolute atomic E-state index is 0.0490. The molecule has 0 bridgehead atoms. The summed E-state index contributed by atoms with van der Waals surface area (Å²) in [4.78, 5) is 28.0. The van der Waals surface area contributed by atoms with E-state index in [9.17, 15) is 18.0 Å². The smallest absolute Gasteiger partial charge is 0.243 e. The van der Waals surface area contributed by atoms with E-state index in [1.54, 1.807) is 23.1 Å². The molecule has 1 atom stereocenters. The largest absolute Gasteiger partial charge is 0.352 e. The van der Waals surface area contributed by atoms with Crippen LogP contribution < -0.4 is 9.62 Å². The van der Waals surface area contributed by atoms with Crippen LogP contribution in [0.15, 0.2) is 42.5 Å². The van der Waals surface area contributed by atoms with Gasteiger partial charge in [0.25, 0.3) is 0 Å². The van der Waals surface area contributed by atoms with E-state index in [-0.39, 0.29) is 30.8 Å². The molecule has 7 nitrogen and oxygen atoms in total. The monoisotopic (exact) mass is 535 g/mol. The SMILES string of the molecule is CCC(C(=O)NC(C)C)N(Cc1ccc(C)cc1)C(=O)CCCN(c1cc(Cl)ccc1C)S(C)(=O)=O. The Hall–Kier alpha value is -2.58. The Bertz CT molecular complexity index is 1150. The van der Waals surface area contributed by atoms with Crippen molar-refractivity contribution < 1.29 is 18.0 Å². The second-order valence-corrected chi connectivity index (χ2v) is 11.8. The molecule has 1 N–H and O–H groups in total. The van der Waals surface area contributed by atoms with Crippen molar-refractivity contribution in [2.24, 2.45) is 0 Å². The van der Waals surface area contributed by atoms with E-state index >= 15 is 0 Å². The Morgan fingerprint density at radius 3 is 2.25 bits per heavy atom. The maximum absolute atomic E-state index is 13.5. The standard InChI is InChI=1S/C27H38ClN3O4S/c1-7-24(27(33)29-19(2)3)30(18-22-13-10-20(4)11-14-22)26(32)9-8-16-31(36(6,34)35)25-17-23(28)15-12-21(25)5/h10-15,17,19,24H,7-9,16,18H2,1-6H3,(H,29,33). The summed E-state index contributed by atoms with van der Waals surface area (Å²) in [6.45, 7) is 9.88. The molecule has 0 saturated heterocycles. The van der Waals surface area contributed by atoms with Gasteiger partial charge in [0.1, 0.15) is 6.04 Å². The summed E-state index contributed by atoms with van der Waals surface area (Å²) >= 11 is 6.12. The third kappa shape index (κ3) is 8.52. The molecule has 0 aliphatic carbocycles. The molecule has 1 unspecified atom stereocenters. The van der Waals surface area contributed by atoms with Crippen LogP contribution in [0.2, 0.25) is 5.02 Å². The lowest BCUT2D eigenvalue weighted by Crippen LogP contribution is -2.50. The molecular weight excluding hydrogens is 498 g/mol. The fourth-order valence-electron chi connectivity index (χ4n) is 4.02. The van der Waals surface area contributed by atoms with Gasteiger partial charge >= 0.3 is 0 Å². The van der Waals surface area contributed by atoms with E-state index in [1.165, 1.54) is 4.31 Å². The summed E-state index contributed by atoms with van der Waals surface area (Å²) in [6, 6.07) is 12.3.